The van der Waals surface area contributed by atoms with Crippen LogP contribution in [0.25, 0.3) is 0 Å². The molecule has 0 saturated heterocycles. The van der Waals surface area contributed by atoms with Gasteiger partial charge < -0.3 is 4.74 Å². The number of esters is 1. The van der Waals surface area contributed by atoms with Crippen LogP contribution in [-0.4, -0.2) is 17.5 Å². The SMILES string of the molecule is CCOC(=O)C(C#N)c1c(Br)cccc1[N+](=O)[O-]. The van der Waals surface area contributed by atoms with Crippen LogP contribution in [0.15, 0.2) is 22.7 Å². The number of hydrogen-bond donors (Lipinski definition) is 0. The number of benzene rings is 1. The average Bonchev–Trinajstić information content (AvgIpc) is 2.32. The van der Waals surface area contributed by atoms with Crippen molar-refractivity contribution in [3.63, 3.8) is 0 Å². The van der Waals surface area contributed by atoms with Crippen LogP contribution in [-0.2, 0) is 9.53 Å². The Kier molecular flexibility index (Phi) is 4.80. The number of ether oxygens (including phenoxy) is 1. The third-order valence-electron chi connectivity index (χ3n) is 2.17. The molecule has 0 bridgehead atoms. The van der Waals surface area contributed by atoms with Crippen molar-refractivity contribution < 1.29 is 14.5 Å². The molecule has 0 fully saturated rings. The van der Waals surface area contributed by atoms with Crippen LogP contribution >= 0.6 is 15.9 Å². The highest BCUT2D eigenvalue weighted by Gasteiger charge is 2.31. The van der Waals surface area contributed by atoms with Crippen molar-refractivity contribution >= 4 is 27.6 Å². The molecule has 0 aliphatic heterocycles. The van der Waals surface area contributed by atoms with Crippen molar-refractivity contribution in [3.8, 4) is 6.07 Å². The Bertz CT molecular complexity index is 524. The summed E-state index contributed by atoms with van der Waals surface area (Å²) in [5.74, 6) is -2.11. The number of nitro groups is 1. The van der Waals surface area contributed by atoms with Crippen molar-refractivity contribution in [2.24, 2.45) is 0 Å². The third kappa shape index (κ3) is 2.84. The Labute approximate surface area is 111 Å². The summed E-state index contributed by atoms with van der Waals surface area (Å²) >= 11 is 3.11. The van der Waals surface area contributed by atoms with Gasteiger partial charge in [0.2, 0.25) is 0 Å². The molecule has 7 heteroatoms. The highest BCUT2D eigenvalue weighted by Crippen LogP contribution is 2.33. The van der Waals surface area contributed by atoms with E-state index in [0.717, 1.165) is 0 Å². The van der Waals surface area contributed by atoms with E-state index in [2.05, 4.69) is 15.9 Å². The molecule has 1 atom stereocenters. The predicted octanol–water partition coefficient (Wildman–Crippen LogP) is 2.53. The summed E-state index contributed by atoms with van der Waals surface area (Å²) in [5.41, 5.74) is -0.271. The smallest absolute Gasteiger partial charge is 0.328 e. The number of carbonyl (C=O) groups is 1. The molecular formula is C11H9BrN2O4. The van der Waals surface area contributed by atoms with Gasteiger partial charge in [-0.05, 0) is 13.0 Å². The van der Waals surface area contributed by atoms with Gasteiger partial charge in [0.05, 0.1) is 23.2 Å². The lowest BCUT2D eigenvalue weighted by Gasteiger charge is -2.10. The lowest BCUT2D eigenvalue weighted by molar-refractivity contribution is -0.385. The van der Waals surface area contributed by atoms with E-state index in [1.54, 1.807) is 13.0 Å². The standard InChI is InChI=1S/C11H9BrN2O4/c1-2-18-11(15)7(6-13)10-8(12)4-3-5-9(10)14(16)17/h3-5,7H,2H2,1H3. The van der Waals surface area contributed by atoms with Crippen LogP contribution in [0.1, 0.15) is 18.4 Å². The summed E-state index contributed by atoms with van der Waals surface area (Å²) in [6, 6.07) is 5.97. The van der Waals surface area contributed by atoms with Gasteiger partial charge in [0, 0.05) is 10.5 Å². The highest BCUT2D eigenvalue weighted by molar-refractivity contribution is 9.10. The Morgan fingerprint density at radius 2 is 2.33 bits per heavy atom. The maximum atomic E-state index is 11.6. The molecule has 0 radical (unpaired) electrons. The van der Waals surface area contributed by atoms with Crippen molar-refractivity contribution in [1.82, 2.24) is 0 Å². The van der Waals surface area contributed by atoms with E-state index >= 15 is 0 Å². The van der Waals surface area contributed by atoms with E-state index in [9.17, 15) is 14.9 Å². The van der Waals surface area contributed by atoms with Crippen LogP contribution < -0.4 is 0 Å². The summed E-state index contributed by atoms with van der Waals surface area (Å²) in [6.45, 7) is 1.70. The first-order chi connectivity index (χ1) is 8.52. The molecule has 0 aliphatic rings. The molecule has 1 rings (SSSR count). The molecule has 1 unspecified atom stereocenters. The van der Waals surface area contributed by atoms with E-state index in [1.807, 2.05) is 0 Å². The van der Waals surface area contributed by atoms with Crippen molar-refractivity contribution in [2.45, 2.75) is 12.8 Å². The van der Waals surface area contributed by atoms with E-state index < -0.39 is 16.8 Å². The maximum Gasteiger partial charge on any atom is 0.328 e. The fraction of sp³-hybridized carbons (Fsp3) is 0.273. The molecule has 18 heavy (non-hydrogen) atoms. The molecule has 6 nitrogen and oxygen atoms in total. The molecule has 1 aromatic rings. The van der Waals surface area contributed by atoms with Crippen molar-refractivity contribution in [2.75, 3.05) is 6.61 Å². The second kappa shape index (κ2) is 6.12. The van der Waals surface area contributed by atoms with Gasteiger partial charge in [-0.25, -0.2) is 0 Å². The van der Waals surface area contributed by atoms with Crippen LogP contribution in [0.3, 0.4) is 0 Å². The quantitative estimate of drug-likeness (QED) is 0.484. The average molecular weight is 313 g/mol. The molecule has 0 amide bonds. The van der Waals surface area contributed by atoms with Gasteiger partial charge in [-0.2, -0.15) is 5.26 Å². The highest BCUT2D eigenvalue weighted by atomic mass is 79.9. The monoisotopic (exact) mass is 312 g/mol. The first kappa shape index (κ1) is 14.1. The van der Waals surface area contributed by atoms with Gasteiger partial charge in [0.25, 0.3) is 5.69 Å². The Morgan fingerprint density at radius 3 is 2.83 bits per heavy atom. The zero-order chi connectivity index (χ0) is 13.7. The fourth-order valence-corrected chi connectivity index (χ4v) is 2.02. The molecule has 0 aliphatic carbocycles. The van der Waals surface area contributed by atoms with Gasteiger partial charge in [-0.1, -0.05) is 22.0 Å². The zero-order valence-corrected chi connectivity index (χ0v) is 11.0. The predicted molar refractivity (Wildman–Crippen MR) is 65.8 cm³/mol. The normalized spacial score (nSPS) is 11.4. The number of halogens is 1. The number of nitro benzene ring substituents is 1. The maximum absolute atomic E-state index is 11.6. The number of nitrogens with zero attached hydrogens (tertiary/aromatic N) is 2. The first-order valence-electron chi connectivity index (χ1n) is 5.02. The van der Waals surface area contributed by atoms with Gasteiger partial charge >= 0.3 is 5.97 Å². The van der Waals surface area contributed by atoms with Crippen molar-refractivity contribution in [1.29, 1.82) is 5.26 Å². The lowest BCUT2D eigenvalue weighted by Crippen LogP contribution is -2.16. The van der Waals surface area contributed by atoms with Crippen LogP contribution in [0, 0.1) is 21.4 Å². The van der Waals surface area contributed by atoms with Gasteiger partial charge in [-0.15, -0.1) is 0 Å². The minimum atomic E-state index is -1.32. The molecule has 0 spiro atoms. The Morgan fingerprint density at radius 1 is 1.67 bits per heavy atom. The topological polar surface area (TPSA) is 93.2 Å². The summed E-state index contributed by atoms with van der Waals surface area (Å²) in [6.07, 6.45) is 0. The van der Waals surface area contributed by atoms with E-state index in [4.69, 9.17) is 10.00 Å². The van der Waals surface area contributed by atoms with Gasteiger partial charge in [0.15, 0.2) is 5.92 Å². The number of rotatable bonds is 4. The number of nitriles is 1. The third-order valence-corrected chi connectivity index (χ3v) is 2.86. The summed E-state index contributed by atoms with van der Waals surface area (Å²) < 4.78 is 5.06. The van der Waals surface area contributed by atoms with Crippen LogP contribution in [0.4, 0.5) is 5.69 Å². The molecule has 1 aromatic carbocycles. The van der Waals surface area contributed by atoms with Crippen molar-refractivity contribution in [3.05, 3.63) is 38.3 Å². The zero-order valence-electron chi connectivity index (χ0n) is 9.42. The fourth-order valence-electron chi connectivity index (χ4n) is 1.43. The summed E-state index contributed by atoms with van der Waals surface area (Å²) in [4.78, 5) is 21.9. The second-order valence-corrected chi connectivity index (χ2v) is 4.10. The minimum Gasteiger partial charge on any atom is -0.465 e. The summed E-state index contributed by atoms with van der Waals surface area (Å²) in [7, 11) is 0. The second-order valence-electron chi connectivity index (χ2n) is 3.24. The van der Waals surface area contributed by atoms with Gasteiger partial charge in [0.1, 0.15) is 0 Å². The van der Waals surface area contributed by atoms with E-state index in [-0.39, 0.29) is 17.9 Å². The van der Waals surface area contributed by atoms with Crippen LogP contribution in [0.2, 0.25) is 0 Å². The van der Waals surface area contributed by atoms with Crippen LogP contribution in [0.5, 0.6) is 0 Å². The first-order valence-corrected chi connectivity index (χ1v) is 5.81. The lowest BCUT2D eigenvalue weighted by atomic mass is 9.99. The molecular weight excluding hydrogens is 304 g/mol. The minimum absolute atomic E-state index is 0.0171. The van der Waals surface area contributed by atoms with E-state index in [0.29, 0.717) is 4.47 Å². The number of hydrogen-bond acceptors (Lipinski definition) is 5. The number of carbonyl (C=O) groups excluding carboxylic acids is 1. The molecule has 94 valence electrons. The molecule has 0 N–H and O–H groups in total. The summed E-state index contributed by atoms with van der Waals surface area (Å²) in [5, 5.41) is 19.9. The van der Waals surface area contributed by atoms with Gasteiger partial charge in [-0.3, -0.25) is 14.9 Å². The molecule has 0 heterocycles. The Balaban J connectivity index is 3.34. The molecule has 0 aromatic heterocycles. The van der Waals surface area contributed by atoms with E-state index in [1.165, 1.54) is 18.2 Å². The molecule has 0 saturated carbocycles. The Hall–Kier alpha value is -1.94. The largest absolute Gasteiger partial charge is 0.465 e.